The maximum absolute atomic E-state index is 11.0. The monoisotopic (exact) mass is 228 g/mol. The Morgan fingerprint density at radius 3 is 1.85 bits per heavy atom. The van der Waals surface area contributed by atoms with Gasteiger partial charge in [0.25, 0.3) is 0 Å². The zero-order valence-corrected chi connectivity index (χ0v) is 9.93. The van der Waals surface area contributed by atoms with Gasteiger partial charge in [0, 0.05) is 26.7 Å². The lowest BCUT2D eigenvalue weighted by molar-refractivity contribution is -0.136. The van der Waals surface area contributed by atoms with E-state index in [2.05, 4.69) is 4.52 Å². The first kappa shape index (κ1) is 12.9. The van der Waals surface area contributed by atoms with Crippen LogP contribution in [0, 0.1) is 0 Å². The van der Waals surface area contributed by atoms with E-state index in [1.54, 1.807) is 0 Å². The van der Waals surface area contributed by atoms with Gasteiger partial charge in [0.1, 0.15) is 0 Å². The Morgan fingerprint density at radius 2 is 1.54 bits per heavy atom. The van der Waals surface area contributed by atoms with Crippen LogP contribution in [-0.2, 0) is 23.0 Å². The molecule has 0 aromatic heterocycles. The number of hydrogen-bond acceptors (Lipinski definition) is 5. The molecular formula is C6H14O5P2. The molecule has 0 heterocycles. The van der Waals surface area contributed by atoms with Crippen LogP contribution in [0.25, 0.3) is 0 Å². The average molecular weight is 228 g/mol. The van der Waals surface area contributed by atoms with Crippen LogP contribution in [0.3, 0.4) is 0 Å². The standard InChI is InChI=1S/C6H14O5P2/c1-12(2,8)10-5-6(7)11-13(3,4)9/h5H2,1-4H3. The van der Waals surface area contributed by atoms with Crippen molar-refractivity contribution in [3.05, 3.63) is 0 Å². The molecule has 0 atom stereocenters. The van der Waals surface area contributed by atoms with E-state index in [1.165, 1.54) is 26.7 Å². The summed E-state index contributed by atoms with van der Waals surface area (Å²) in [5.74, 6) is -0.753. The van der Waals surface area contributed by atoms with Crippen molar-refractivity contribution in [2.45, 2.75) is 0 Å². The Hall–Kier alpha value is -0.110. The van der Waals surface area contributed by atoms with Crippen molar-refractivity contribution in [1.82, 2.24) is 0 Å². The fraction of sp³-hybridized carbons (Fsp3) is 0.833. The molecule has 0 radical (unpaired) electrons. The first-order valence-electron chi connectivity index (χ1n) is 3.57. The van der Waals surface area contributed by atoms with Gasteiger partial charge in [-0.05, 0) is 0 Å². The van der Waals surface area contributed by atoms with Crippen LogP contribution in [0.4, 0.5) is 0 Å². The SMILES string of the molecule is CP(C)(=O)OCC(=O)OP(C)(C)=O. The topological polar surface area (TPSA) is 69.7 Å². The first-order valence-corrected chi connectivity index (χ1v) is 8.61. The molecule has 0 aliphatic rings. The largest absolute Gasteiger partial charge is 0.411 e. The summed E-state index contributed by atoms with van der Waals surface area (Å²) in [5.41, 5.74) is 0. The molecule has 0 fully saturated rings. The van der Waals surface area contributed by atoms with E-state index in [0.29, 0.717) is 0 Å². The molecule has 5 nitrogen and oxygen atoms in total. The zero-order chi connectivity index (χ0) is 10.7. The van der Waals surface area contributed by atoms with E-state index in [-0.39, 0.29) is 0 Å². The highest BCUT2D eigenvalue weighted by molar-refractivity contribution is 7.58. The minimum Gasteiger partial charge on any atom is -0.411 e. The Kier molecular flexibility index (Phi) is 4.37. The predicted octanol–water partition coefficient (Wildman–Crippen LogP) is 1.62. The maximum atomic E-state index is 11.0. The van der Waals surface area contributed by atoms with Crippen LogP contribution in [0.5, 0.6) is 0 Å². The van der Waals surface area contributed by atoms with E-state index < -0.39 is 27.3 Å². The molecule has 0 bridgehead atoms. The summed E-state index contributed by atoms with van der Waals surface area (Å²) >= 11 is 0. The molecular weight excluding hydrogens is 214 g/mol. The van der Waals surface area contributed by atoms with Crippen molar-refractivity contribution < 1.29 is 23.0 Å². The van der Waals surface area contributed by atoms with E-state index in [1.807, 2.05) is 0 Å². The summed E-state index contributed by atoms with van der Waals surface area (Å²) in [7, 11) is -5.50. The number of carbonyl (C=O) groups excluding carboxylic acids is 1. The van der Waals surface area contributed by atoms with E-state index >= 15 is 0 Å². The molecule has 13 heavy (non-hydrogen) atoms. The number of carbonyl (C=O) groups is 1. The van der Waals surface area contributed by atoms with Gasteiger partial charge in [-0.1, -0.05) is 0 Å². The highest BCUT2D eigenvalue weighted by atomic mass is 31.2. The van der Waals surface area contributed by atoms with Gasteiger partial charge >= 0.3 is 5.97 Å². The molecule has 0 aliphatic heterocycles. The van der Waals surface area contributed by atoms with Gasteiger partial charge in [-0.25, -0.2) is 4.79 Å². The van der Waals surface area contributed by atoms with E-state index in [4.69, 9.17) is 4.52 Å². The minimum absolute atomic E-state index is 0.421. The third kappa shape index (κ3) is 9.81. The maximum Gasteiger partial charge on any atom is 0.337 e. The molecule has 0 aliphatic carbocycles. The van der Waals surface area contributed by atoms with Gasteiger partial charge in [0.15, 0.2) is 14.0 Å². The Labute approximate surface area is 77.7 Å². The summed E-state index contributed by atoms with van der Waals surface area (Å²) in [5, 5.41) is 0. The highest BCUT2D eigenvalue weighted by Gasteiger charge is 2.17. The molecule has 0 aromatic carbocycles. The summed E-state index contributed by atoms with van der Waals surface area (Å²) < 4.78 is 31.2. The molecule has 0 amide bonds. The normalized spacial score (nSPS) is 12.6. The molecule has 7 heteroatoms. The molecule has 0 spiro atoms. The van der Waals surface area contributed by atoms with Gasteiger partial charge in [-0.15, -0.1) is 0 Å². The van der Waals surface area contributed by atoms with Crippen LogP contribution in [-0.4, -0.2) is 39.2 Å². The molecule has 0 unspecified atom stereocenters. The summed E-state index contributed by atoms with van der Waals surface area (Å²) in [6.07, 6.45) is 0. The fourth-order valence-corrected chi connectivity index (χ4v) is 1.44. The van der Waals surface area contributed by atoms with Gasteiger partial charge in [-0.2, -0.15) is 0 Å². The lowest BCUT2D eigenvalue weighted by Crippen LogP contribution is -2.09. The second-order valence-corrected chi connectivity index (χ2v) is 8.69. The second kappa shape index (κ2) is 4.41. The van der Waals surface area contributed by atoms with Crippen LogP contribution < -0.4 is 0 Å². The van der Waals surface area contributed by atoms with Crippen molar-refractivity contribution in [3.63, 3.8) is 0 Å². The predicted molar refractivity (Wildman–Crippen MR) is 51.0 cm³/mol. The molecule has 0 N–H and O–H groups in total. The number of rotatable bonds is 4. The van der Waals surface area contributed by atoms with Crippen LogP contribution in [0.2, 0.25) is 0 Å². The molecule has 0 saturated heterocycles. The van der Waals surface area contributed by atoms with E-state index in [0.717, 1.165) is 0 Å². The lowest BCUT2D eigenvalue weighted by Gasteiger charge is -2.10. The molecule has 0 aromatic rings. The van der Waals surface area contributed by atoms with Gasteiger partial charge < -0.3 is 9.05 Å². The van der Waals surface area contributed by atoms with Crippen LogP contribution in [0.15, 0.2) is 0 Å². The van der Waals surface area contributed by atoms with Crippen molar-refractivity contribution in [3.8, 4) is 0 Å². The molecule has 0 saturated carbocycles. The quantitative estimate of drug-likeness (QED) is 0.684. The van der Waals surface area contributed by atoms with Gasteiger partial charge in [-0.3, -0.25) is 9.13 Å². The number of hydrogen-bond donors (Lipinski definition) is 0. The average Bonchev–Trinajstić information content (AvgIpc) is 1.78. The summed E-state index contributed by atoms with van der Waals surface area (Å²) in [6, 6.07) is 0. The lowest BCUT2D eigenvalue weighted by atomic mass is 10.8. The van der Waals surface area contributed by atoms with Crippen molar-refractivity contribution in [2.24, 2.45) is 0 Å². The van der Waals surface area contributed by atoms with Crippen molar-refractivity contribution in [2.75, 3.05) is 33.3 Å². The first-order chi connectivity index (χ1) is 5.60. The third-order valence-electron chi connectivity index (χ3n) is 0.815. The smallest absolute Gasteiger partial charge is 0.337 e. The Bertz CT molecular complexity index is 273. The fourth-order valence-electron chi connectivity index (χ4n) is 0.480. The third-order valence-corrected chi connectivity index (χ3v) is 2.21. The van der Waals surface area contributed by atoms with Crippen LogP contribution in [0.1, 0.15) is 0 Å². The van der Waals surface area contributed by atoms with Gasteiger partial charge in [0.2, 0.25) is 7.37 Å². The molecule has 0 rings (SSSR count). The molecule has 78 valence electrons. The van der Waals surface area contributed by atoms with Crippen molar-refractivity contribution >= 4 is 20.7 Å². The summed E-state index contributed by atoms with van der Waals surface area (Å²) in [4.78, 5) is 10.9. The second-order valence-electron chi connectivity index (χ2n) is 3.24. The Morgan fingerprint density at radius 1 is 1.08 bits per heavy atom. The van der Waals surface area contributed by atoms with Crippen molar-refractivity contribution in [1.29, 1.82) is 0 Å². The van der Waals surface area contributed by atoms with E-state index in [9.17, 15) is 13.9 Å². The Balaban J connectivity index is 3.92. The summed E-state index contributed by atoms with van der Waals surface area (Å²) in [6.45, 7) is 5.00. The minimum atomic E-state index is -2.82. The zero-order valence-electron chi connectivity index (χ0n) is 8.14. The van der Waals surface area contributed by atoms with Gasteiger partial charge in [0.05, 0.1) is 0 Å². The van der Waals surface area contributed by atoms with Crippen LogP contribution >= 0.6 is 14.7 Å². The highest BCUT2D eigenvalue weighted by Crippen LogP contribution is 2.39.